The number of nitrogens with one attached hydrogen (secondary N) is 2. The second-order valence-electron chi connectivity index (χ2n) is 5.28. The molecule has 124 valence electrons. The van der Waals surface area contributed by atoms with Crippen molar-refractivity contribution in [3.63, 3.8) is 0 Å². The Bertz CT molecular complexity index is 689. The zero-order chi connectivity index (χ0) is 16.7. The number of aliphatic imine (C=N–C) groups is 1. The summed E-state index contributed by atoms with van der Waals surface area (Å²) in [5.41, 5.74) is 1.24. The van der Waals surface area contributed by atoms with Crippen molar-refractivity contribution in [3.8, 4) is 0 Å². The van der Waals surface area contributed by atoms with Crippen molar-refractivity contribution in [3.05, 3.63) is 35.5 Å². The highest BCUT2D eigenvalue weighted by Crippen LogP contribution is 2.22. The van der Waals surface area contributed by atoms with E-state index in [2.05, 4.69) is 63.1 Å². The molecule has 0 aliphatic heterocycles. The van der Waals surface area contributed by atoms with Crippen molar-refractivity contribution < 1.29 is 0 Å². The predicted octanol–water partition coefficient (Wildman–Crippen LogP) is 3.18. The molecule has 0 aromatic carbocycles. The van der Waals surface area contributed by atoms with Gasteiger partial charge in [0.1, 0.15) is 11.7 Å². The summed E-state index contributed by atoms with van der Waals surface area (Å²) in [7, 11) is 5.87. The molecule has 0 aliphatic carbocycles. The van der Waals surface area contributed by atoms with E-state index >= 15 is 0 Å². The summed E-state index contributed by atoms with van der Waals surface area (Å²) in [6, 6.07) is 4.16. The Kier molecular flexibility index (Phi) is 6.55. The molecule has 0 amide bonds. The first-order valence-corrected chi connectivity index (χ1v) is 8.69. The fourth-order valence-corrected chi connectivity index (χ4v) is 3.02. The van der Waals surface area contributed by atoms with Gasteiger partial charge >= 0.3 is 0 Å². The number of fused-ring (bicyclic) bond motifs is 1. The van der Waals surface area contributed by atoms with Crippen molar-refractivity contribution in [1.29, 1.82) is 0 Å². The van der Waals surface area contributed by atoms with Gasteiger partial charge in [0.25, 0.3) is 0 Å². The maximum absolute atomic E-state index is 4.46. The van der Waals surface area contributed by atoms with Gasteiger partial charge in [-0.25, -0.2) is 4.98 Å². The third kappa shape index (κ3) is 4.77. The molecule has 0 bridgehead atoms. The minimum Gasteiger partial charge on any atom is -0.377 e. The van der Waals surface area contributed by atoms with E-state index in [1.807, 2.05) is 13.2 Å². The first-order valence-electron chi connectivity index (χ1n) is 7.81. The van der Waals surface area contributed by atoms with Crippen LogP contribution in [-0.4, -0.2) is 50.0 Å². The van der Waals surface area contributed by atoms with Gasteiger partial charge in [-0.1, -0.05) is 6.92 Å². The predicted molar refractivity (Wildman–Crippen MR) is 102 cm³/mol. The number of hydrogen-bond acceptors (Lipinski definition) is 5. The number of likely N-dealkylation sites (N-methyl/N-ethyl adjacent to an activating group) is 2. The average molecular weight is 331 g/mol. The minimum absolute atomic E-state index is 0.820. The van der Waals surface area contributed by atoms with Crippen LogP contribution < -0.4 is 10.6 Å². The molecule has 0 atom stereocenters. The Balaban J connectivity index is 2.13. The summed E-state index contributed by atoms with van der Waals surface area (Å²) in [6.45, 7) is 4.08. The molecule has 23 heavy (non-hydrogen) atoms. The Morgan fingerprint density at radius 2 is 2.30 bits per heavy atom. The van der Waals surface area contributed by atoms with E-state index in [0.717, 1.165) is 31.2 Å². The largest absolute Gasteiger partial charge is 0.377 e. The Morgan fingerprint density at radius 3 is 3.00 bits per heavy atom. The van der Waals surface area contributed by atoms with Crippen LogP contribution >= 0.6 is 11.3 Å². The van der Waals surface area contributed by atoms with Gasteiger partial charge in [-0.15, -0.1) is 11.3 Å². The summed E-state index contributed by atoms with van der Waals surface area (Å²) < 4.78 is 1.20. The van der Waals surface area contributed by atoms with E-state index in [9.17, 15) is 0 Å². The second-order valence-corrected chi connectivity index (χ2v) is 6.22. The molecule has 2 aromatic heterocycles. The molecular formula is C17H25N5S. The van der Waals surface area contributed by atoms with Gasteiger partial charge < -0.3 is 15.5 Å². The summed E-state index contributed by atoms with van der Waals surface area (Å²) in [4.78, 5) is 11.1. The second kappa shape index (κ2) is 8.64. The van der Waals surface area contributed by atoms with Crippen molar-refractivity contribution in [2.45, 2.75) is 13.3 Å². The average Bonchev–Trinajstić information content (AvgIpc) is 3.03. The fourth-order valence-electron chi connectivity index (χ4n) is 2.29. The van der Waals surface area contributed by atoms with Crippen LogP contribution in [0.1, 0.15) is 13.3 Å². The maximum atomic E-state index is 4.46. The molecule has 2 rings (SSSR count). The summed E-state index contributed by atoms with van der Waals surface area (Å²) in [5.74, 6) is 1.64. The van der Waals surface area contributed by atoms with Crippen molar-refractivity contribution in [1.82, 2.24) is 15.2 Å². The molecule has 0 saturated heterocycles. The fraction of sp³-hybridized carbons (Fsp3) is 0.412. The lowest BCUT2D eigenvalue weighted by Crippen LogP contribution is -2.27. The van der Waals surface area contributed by atoms with Crippen LogP contribution in [0.3, 0.4) is 0 Å². The first kappa shape index (κ1) is 17.4. The SMILES string of the molecule is CC/C(=C\C(=NC)Nc1cc2ccsc2cn1)N(C)CCNC. The number of anilines is 1. The number of aromatic nitrogens is 1. The van der Waals surface area contributed by atoms with Gasteiger partial charge in [0.05, 0.1) is 4.70 Å². The minimum atomic E-state index is 0.820. The van der Waals surface area contributed by atoms with Crippen molar-refractivity contribution in [2.24, 2.45) is 4.99 Å². The number of hydrogen-bond donors (Lipinski definition) is 2. The van der Waals surface area contributed by atoms with E-state index in [4.69, 9.17) is 0 Å². The van der Waals surface area contributed by atoms with Crippen molar-refractivity contribution in [2.75, 3.05) is 39.5 Å². The zero-order valence-electron chi connectivity index (χ0n) is 14.3. The summed E-state index contributed by atoms with van der Waals surface area (Å²) in [6.07, 6.45) is 4.95. The number of rotatable bonds is 7. The van der Waals surface area contributed by atoms with Crippen LogP contribution in [0, 0.1) is 0 Å². The molecule has 0 spiro atoms. The third-order valence-corrected chi connectivity index (χ3v) is 4.56. The lowest BCUT2D eigenvalue weighted by Gasteiger charge is -2.22. The number of nitrogens with zero attached hydrogens (tertiary/aromatic N) is 3. The number of pyridine rings is 1. The first-order chi connectivity index (χ1) is 11.2. The maximum Gasteiger partial charge on any atom is 0.132 e. The highest BCUT2D eigenvalue weighted by molar-refractivity contribution is 7.17. The van der Waals surface area contributed by atoms with Crippen molar-refractivity contribution >= 4 is 33.1 Å². The van der Waals surface area contributed by atoms with Gasteiger partial charge in [0, 0.05) is 39.1 Å². The summed E-state index contributed by atoms with van der Waals surface area (Å²) in [5, 5.41) is 9.77. The smallest absolute Gasteiger partial charge is 0.132 e. The van der Waals surface area contributed by atoms with E-state index in [-0.39, 0.29) is 0 Å². The van der Waals surface area contributed by atoms with Crippen LogP contribution in [0.2, 0.25) is 0 Å². The van der Waals surface area contributed by atoms with Crippen LogP contribution in [0.15, 0.2) is 40.5 Å². The molecule has 5 nitrogen and oxygen atoms in total. The normalized spacial score (nSPS) is 12.7. The van der Waals surface area contributed by atoms with Gasteiger partial charge in [-0.3, -0.25) is 4.99 Å². The monoisotopic (exact) mass is 331 g/mol. The number of allylic oxidation sites excluding steroid dienone is 1. The van der Waals surface area contributed by atoms with Crippen LogP contribution in [0.4, 0.5) is 5.82 Å². The Morgan fingerprint density at radius 1 is 1.48 bits per heavy atom. The molecule has 0 radical (unpaired) electrons. The van der Waals surface area contributed by atoms with E-state index in [1.165, 1.54) is 15.8 Å². The van der Waals surface area contributed by atoms with E-state index < -0.39 is 0 Å². The van der Waals surface area contributed by atoms with Crippen LogP contribution in [0.5, 0.6) is 0 Å². The van der Waals surface area contributed by atoms with Gasteiger partial charge in [0.2, 0.25) is 0 Å². The molecule has 6 heteroatoms. The van der Waals surface area contributed by atoms with Gasteiger partial charge in [-0.2, -0.15) is 0 Å². The standard InChI is InChI=1S/C17H25N5S/c1-5-14(22(4)8-7-18-2)11-16(19-3)21-17-10-13-6-9-23-15(13)12-20-17/h6,9-12,18H,5,7-8H2,1-4H3,(H,19,20,21)/b14-11+. The van der Waals surface area contributed by atoms with Crippen LogP contribution in [0.25, 0.3) is 10.1 Å². The lowest BCUT2D eigenvalue weighted by atomic mass is 10.2. The quantitative estimate of drug-likeness (QED) is 0.604. The topological polar surface area (TPSA) is 52.6 Å². The third-order valence-electron chi connectivity index (χ3n) is 3.69. The summed E-state index contributed by atoms with van der Waals surface area (Å²) >= 11 is 1.70. The molecular weight excluding hydrogens is 306 g/mol. The van der Waals surface area contributed by atoms with E-state index in [0.29, 0.717) is 0 Å². The Labute approximate surface area is 142 Å². The highest BCUT2D eigenvalue weighted by Gasteiger charge is 2.06. The molecule has 0 fully saturated rings. The van der Waals surface area contributed by atoms with Gasteiger partial charge in [-0.05, 0) is 42.4 Å². The number of thiophene rings is 1. The Hall–Kier alpha value is -1.92. The zero-order valence-corrected chi connectivity index (χ0v) is 15.1. The molecule has 0 unspecified atom stereocenters. The number of amidine groups is 1. The van der Waals surface area contributed by atoms with Gasteiger partial charge in [0.15, 0.2) is 0 Å². The highest BCUT2D eigenvalue weighted by atomic mass is 32.1. The molecule has 0 saturated carbocycles. The van der Waals surface area contributed by atoms with E-state index in [1.54, 1.807) is 18.4 Å². The molecule has 0 aliphatic rings. The van der Waals surface area contributed by atoms with Crippen LogP contribution in [-0.2, 0) is 0 Å². The molecule has 2 aromatic rings. The lowest BCUT2D eigenvalue weighted by molar-refractivity contribution is 0.404. The molecule has 2 heterocycles. The molecule has 2 N–H and O–H groups in total.